The second-order valence-electron chi connectivity index (χ2n) is 7.23. The topological polar surface area (TPSA) is 35.0 Å². The second kappa shape index (κ2) is 11.2. The Labute approximate surface area is 190 Å². The Kier molecular flexibility index (Phi) is 8.68. The summed E-state index contributed by atoms with van der Waals surface area (Å²) in [7, 11) is 1.16. The van der Waals surface area contributed by atoms with Gasteiger partial charge in [-0.25, -0.2) is 23.1 Å². The summed E-state index contributed by atoms with van der Waals surface area (Å²) in [4.78, 5) is 8.05. The van der Waals surface area contributed by atoms with Crippen molar-refractivity contribution >= 4 is 0 Å². The van der Waals surface area contributed by atoms with Gasteiger partial charge in [0.15, 0.2) is 23.3 Å². The molecule has 0 spiro atoms. The number of nitrogens with zero attached hydrogens (tertiary/aromatic N) is 2. The van der Waals surface area contributed by atoms with Crippen LogP contribution >= 0.6 is 0 Å². The fourth-order valence-electron chi connectivity index (χ4n) is 2.67. The molecule has 0 aliphatic heterocycles. The van der Waals surface area contributed by atoms with E-state index in [0.29, 0.717) is 12.0 Å². The highest BCUT2D eigenvalue weighted by molar-refractivity contribution is 5.57. The smallest absolute Gasteiger partial charge is 0.200 e. The third-order valence-corrected chi connectivity index (χ3v) is 4.76. The molecule has 2 aromatic rings. The Bertz CT molecular complexity index is 1160. The summed E-state index contributed by atoms with van der Waals surface area (Å²) < 4.78 is 61.5. The molecule has 1 aromatic heterocycles. The SMILES string of the molecule is C=C(/C=C\C(=C)C(=C)/C(F)=C(/F)C(=C)OC)CCc1ccc(-c2ncc(C)cn2)c(F)c1F. The maximum absolute atomic E-state index is 14.6. The number of rotatable bonds is 10. The van der Waals surface area contributed by atoms with Gasteiger partial charge in [0.2, 0.25) is 5.83 Å². The summed E-state index contributed by atoms with van der Waals surface area (Å²) in [5, 5.41) is 0. The van der Waals surface area contributed by atoms with E-state index in [1.54, 1.807) is 6.92 Å². The molecule has 1 heterocycles. The first kappa shape index (κ1) is 25.5. The first-order valence-corrected chi connectivity index (χ1v) is 9.85. The fraction of sp³-hybridized carbons (Fsp3) is 0.154. The van der Waals surface area contributed by atoms with Crippen molar-refractivity contribution in [1.82, 2.24) is 9.97 Å². The molecule has 172 valence electrons. The number of aryl methyl sites for hydroxylation is 2. The highest BCUT2D eigenvalue weighted by atomic mass is 19.2. The lowest BCUT2D eigenvalue weighted by molar-refractivity contribution is 0.281. The molecule has 33 heavy (non-hydrogen) atoms. The summed E-state index contributed by atoms with van der Waals surface area (Å²) in [5.41, 5.74) is 1.31. The molecule has 1 aromatic carbocycles. The minimum Gasteiger partial charge on any atom is -0.494 e. The van der Waals surface area contributed by atoms with Gasteiger partial charge in [-0.1, -0.05) is 50.1 Å². The summed E-state index contributed by atoms with van der Waals surface area (Å²) in [6.07, 6.45) is 6.44. The minimum absolute atomic E-state index is 0.0248. The quantitative estimate of drug-likeness (QED) is 0.215. The van der Waals surface area contributed by atoms with Gasteiger partial charge in [-0.2, -0.15) is 4.39 Å². The van der Waals surface area contributed by atoms with E-state index in [1.165, 1.54) is 36.7 Å². The van der Waals surface area contributed by atoms with E-state index in [2.05, 4.69) is 41.0 Å². The van der Waals surface area contributed by atoms with Crippen molar-refractivity contribution in [3.63, 3.8) is 0 Å². The van der Waals surface area contributed by atoms with Crippen LogP contribution in [0.3, 0.4) is 0 Å². The predicted molar refractivity (Wildman–Crippen MR) is 122 cm³/mol. The second-order valence-corrected chi connectivity index (χ2v) is 7.23. The zero-order valence-electron chi connectivity index (χ0n) is 18.5. The van der Waals surface area contributed by atoms with Gasteiger partial charge in [0.25, 0.3) is 0 Å². The Morgan fingerprint density at radius 3 is 2.21 bits per heavy atom. The molecule has 0 atom stereocenters. The van der Waals surface area contributed by atoms with Crippen molar-refractivity contribution in [2.45, 2.75) is 19.8 Å². The van der Waals surface area contributed by atoms with Crippen LogP contribution in [0.5, 0.6) is 0 Å². The van der Waals surface area contributed by atoms with Gasteiger partial charge in [0, 0.05) is 18.0 Å². The van der Waals surface area contributed by atoms with Crippen LogP contribution in [0.1, 0.15) is 17.5 Å². The third-order valence-electron chi connectivity index (χ3n) is 4.76. The molecule has 0 radical (unpaired) electrons. The van der Waals surface area contributed by atoms with Crippen molar-refractivity contribution in [3.8, 4) is 11.4 Å². The number of halogens is 4. The van der Waals surface area contributed by atoms with Crippen molar-refractivity contribution < 1.29 is 22.3 Å². The average molecular weight is 456 g/mol. The minimum atomic E-state index is -1.27. The summed E-state index contributed by atoms with van der Waals surface area (Å²) >= 11 is 0. The lowest BCUT2D eigenvalue weighted by atomic mass is 10.0. The molecule has 0 saturated carbocycles. The summed E-state index contributed by atoms with van der Waals surface area (Å²) in [5.74, 6) is -4.88. The van der Waals surface area contributed by atoms with E-state index in [9.17, 15) is 17.6 Å². The molecular weight excluding hydrogens is 432 g/mol. The standard InChI is InChI=1S/C26H24F4N2O/c1-15(7-9-17(3)18(4)22(27)23(28)19(5)33-6)8-10-20-11-12-21(25(30)24(20)29)26-31-13-16(2)14-32-26/h7,9,11-14H,1,3-5,8,10H2,2,6H3/b9-7-,23-22-. The number of aromatic nitrogens is 2. The molecule has 0 fully saturated rings. The zero-order chi connectivity index (χ0) is 24.7. The number of ether oxygens (including phenoxy) is 1. The number of benzene rings is 1. The highest BCUT2D eigenvalue weighted by Crippen LogP contribution is 2.27. The fourth-order valence-corrected chi connectivity index (χ4v) is 2.67. The van der Waals surface area contributed by atoms with Crippen LogP contribution in [-0.2, 0) is 11.2 Å². The first-order valence-electron chi connectivity index (χ1n) is 9.85. The van der Waals surface area contributed by atoms with Crippen LogP contribution in [0.25, 0.3) is 11.4 Å². The Balaban J connectivity index is 2.04. The van der Waals surface area contributed by atoms with Crippen LogP contribution < -0.4 is 0 Å². The van der Waals surface area contributed by atoms with Gasteiger partial charge in [-0.3, -0.25) is 0 Å². The predicted octanol–water partition coefficient (Wildman–Crippen LogP) is 7.20. The van der Waals surface area contributed by atoms with E-state index >= 15 is 0 Å². The van der Waals surface area contributed by atoms with E-state index < -0.39 is 29.0 Å². The summed E-state index contributed by atoms with van der Waals surface area (Å²) in [6, 6.07) is 2.90. The molecule has 0 amide bonds. The van der Waals surface area contributed by atoms with Crippen molar-refractivity contribution in [2.24, 2.45) is 0 Å². The van der Waals surface area contributed by atoms with Crippen LogP contribution in [0.4, 0.5) is 17.6 Å². The van der Waals surface area contributed by atoms with Gasteiger partial charge < -0.3 is 4.74 Å². The Morgan fingerprint density at radius 1 is 0.970 bits per heavy atom. The maximum atomic E-state index is 14.6. The molecule has 0 N–H and O–H groups in total. The van der Waals surface area contributed by atoms with Gasteiger partial charge in [0.1, 0.15) is 5.76 Å². The summed E-state index contributed by atoms with van der Waals surface area (Å²) in [6.45, 7) is 16.0. The molecule has 0 aliphatic carbocycles. The number of hydrogen-bond acceptors (Lipinski definition) is 3. The lowest BCUT2D eigenvalue weighted by Crippen LogP contribution is -2.00. The maximum Gasteiger partial charge on any atom is 0.200 e. The Hall–Kier alpha value is -3.74. The molecule has 7 heteroatoms. The third kappa shape index (κ3) is 6.38. The molecule has 0 saturated heterocycles. The molecule has 3 nitrogen and oxygen atoms in total. The van der Waals surface area contributed by atoms with Crippen molar-refractivity contribution in [3.05, 3.63) is 120 Å². The number of allylic oxidation sites excluding steroid dienone is 7. The monoisotopic (exact) mass is 456 g/mol. The number of methoxy groups -OCH3 is 1. The van der Waals surface area contributed by atoms with Crippen LogP contribution in [0.2, 0.25) is 0 Å². The normalized spacial score (nSPS) is 11.8. The largest absolute Gasteiger partial charge is 0.494 e. The van der Waals surface area contributed by atoms with E-state index in [4.69, 9.17) is 0 Å². The van der Waals surface area contributed by atoms with Gasteiger partial charge >= 0.3 is 0 Å². The highest BCUT2D eigenvalue weighted by Gasteiger charge is 2.17. The average Bonchev–Trinajstić information content (AvgIpc) is 2.82. The Morgan fingerprint density at radius 2 is 1.61 bits per heavy atom. The van der Waals surface area contributed by atoms with Gasteiger partial charge in [0.05, 0.1) is 12.7 Å². The van der Waals surface area contributed by atoms with Crippen LogP contribution in [-0.4, -0.2) is 17.1 Å². The lowest BCUT2D eigenvalue weighted by Gasteiger charge is -2.09. The van der Waals surface area contributed by atoms with Crippen molar-refractivity contribution in [1.29, 1.82) is 0 Å². The van der Waals surface area contributed by atoms with Crippen LogP contribution in [0.15, 0.2) is 97.1 Å². The number of hydrogen-bond donors (Lipinski definition) is 0. The van der Waals surface area contributed by atoms with E-state index in [-0.39, 0.29) is 34.5 Å². The molecule has 0 unspecified atom stereocenters. The first-order chi connectivity index (χ1) is 15.6. The molecule has 0 bridgehead atoms. The van der Waals surface area contributed by atoms with Crippen molar-refractivity contribution in [2.75, 3.05) is 7.11 Å². The zero-order valence-corrected chi connectivity index (χ0v) is 18.5. The van der Waals surface area contributed by atoms with Gasteiger partial charge in [-0.05, 0) is 42.5 Å². The van der Waals surface area contributed by atoms with E-state index in [1.807, 2.05) is 0 Å². The molecule has 2 rings (SSSR count). The molecule has 0 aliphatic rings. The van der Waals surface area contributed by atoms with Crippen LogP contribution in [0, 0.1) is 18.6 Å². The van der Waals surface area contributed by atoms with Gasteiger partial charge in [-0.15, -0.1) is 0 Å². The molecular formula is C26H24F4N2O. The van der Waals surface area contributed by atoms with E-state index in [0.717, 1.165) is 12.7 Å².